The first kappa shape index (κ1) is 19.5. The molecule has 1 unspecified atom stereocenters. The maximum Gasteiger partial charge on any atom is 0.190 e. The number of nitrogens with zero attached hydrogens (tertiary/aromatic N) is 2. The molecule has 0 radical (unpaired) electrons. The van der Waals surface area contributed by atoms with Crippen LogP contribution in [-0.4, -0.2) is 70.5 Å². The quantitative estimate of drug-likeness (QED) is 0.403. The van der Waals surface area contributed by atoms with Crippen LogP contribution >= 0.6 is 0 Å². The van der Waals surface area contributed by atoms with Gasteiger partial charge in [0.15, 0.2) is 5.96 Å². The van der Waals surface area contributed by atoms with Gasteiger partial charge >= 0.3 is 0 Å². The fourth-order valence-electron chi connectivity index (χ4n) is 2.77. The smallest absolute Gasteiger partial charge is 0.190 e. The Morgan fingerprint density at radius 2 is 2.00 bits per heavy atom. The van der Waals surface area contributed by atoms with Crippen LogP contribution in [0.5, 0.6) is 5.75 Å². The average Bonchev–Trinajstić information content (AvgIpc) is 2.65. The minimum Gasteiger partial charge on any atom is -0.494 e. The number of hydrogen-bond donors (Lipinski definition) is 2. The highest BCUT2D eigenvalue weighted by atomic mass is 16.5. The lowest BCUT2D eigenvalue weighted by Crippen LogP contribution is -2.44. The minimum atomic E-state index is 0.568. The number of ether oxygens (including phenoxy) is 2. The molecule has 0 amide bonds. The third-order valence-electron chi connectivity index (χ3n) is 4.14. The lowest BCUT2D eigenvalue weighted by Gasteiger charge is -2.29. The Kier molecular flexibility index (Phi) is 9.15. The molecular formula is C19H32N4O2. The van der Waals surface area contributed by atoms with Gasteiger partial charge in [0, 0.05) is 39.8 Å². The van der Waals surface area contributed by atoms with Gasteiger partial charge in [-0.1, -0.05) is 25.1 Å². The molecule has 1 aliphatic heterocycles. The van der Waals surface area contributed by atoms with Crippen molar-refractivity contribution in [1.82, 2.24) is 15.5 Å². The largest absolute Gasteiger partial charge is 0.494 e. The molecule has 1 aromatic carbocycles. The number of nitrogens with one attached hydrogen (secondary N) is 2. The van der Waals surface area contributed by atoms with Gasteiger partial charge < -0.3 is 20.1 Å². The maximum atomic E-state index is 5.69. The van der Waals surface area contributed by atoms with E-state index in [0.29, 0.717) is 12.5 Å². The van der Waals surface area contributed by atoms with E-state index in [9.17, 15) is 0 Å². The van der Waals surface area contributed by atoms with Crippen LogP contribution in [0.25, 0.3) is 0 Å². The molecule has 2 rings (SSSR count). The fraction of sp³-hybridized carbons (Fsp3) is 0.632. The van der Waals surface area contributed by atoms with Gasteiger partial charge in [0.05, 0.1) is 19.8 Å². The number of benzene rings is 1. The molecule has 0 saturated carbocycles. The predicted molar refractivity (Wildman–Crippen MR) is 102 cm³/mol. The van der Waals surface area contributed by atoms with Crippen molar-refractivity contribution in [3.8, 4) is 5.75 Å². The molecule has 1 aromatic rings. The van der Waals surface area contributed by atoms with Crippen molar-refractivity contribution in [3.05, 3.63) is 30.3 Å². The number of aliphatic imine (C=N–C) groups is 1. The van der Waals surface area contributed by atoms with Gasteiger partial charge in [-0.25, -0.2) is 0 Å². The van der Waals surface area contributed by atoms with Gasteiger partial charge in [0.1, 0.15) is 5.75 Å². The van der Waals surface area contributed by atoms with Gasteiger partial charge in [-0.15, -0.1) is 0 Å². The molecule has 6 heteroatoms. The number of rotatable bonds is 9. The SMILES string of the molecule is CN=C(NCCCOc1ccccc1)NCC(C)CN1CCOCC1. The van der Waals surface area contributed by atoms with E-state index in [1.54, 1.807) is 0 Å². The normalized spacial score (nSPS) is 17.1. The second-order valence-electron chi connectivity index (χ2n) is 6.41. The zero-order valence-corrected chi connectivity index (χ0v) is 15.5. The molecular weight excluding hydrogens is 316 g/mol. The summed E-state index contributed by atoms with van der Waals surface area (Å²) < 4.78 is 11.1. The van der Waals surface area contributed by atoms with Crippen LogP contribution in [0.3, 0.4) is 0 Å². The molecule has 0 spiro atoms. The van der Waals surface area contributed by atoms with Crippen molar-refractivity contribution < 1.29 is 9.47 Å². The molecule has 0 bridgehead atoms. The Balaban J connectivity index is 1.54. The Labute approximate surface area is 151 Å². The highest BCUT2D eigenvalue weighted by molar-refractivity contribution is 5.79. The Morgan fingerprint density at radius 3 is 2.72 bits per heavy atom. The number of guanidine groups is 1. The lowest BCUT2D eigenvalue weighted by molar-refractivity contribution is 0.0320. The van der Waals surface area contributed by atoms with Crippen molar-refractivity contribution in [2.24, 2.45) is 10.9 Å². The molecule has 6 nitrogen and oxygen atoms in total. The van der Waals surface area contributed by atoms with E-state index in [1.807, 2.05) is 37.4 Å². The summed E-state index contributed by atoms with van der Waals surface area (Å²) in [4.78, 5) is 6.75. The van der Waals surface area contributed by atoms with Crippen LogP contribution in [0.4, 0.5) is 0 Å². The lowest BCUT2D eigenvalue weighted by atomic mass is 10.1. The number of morpholine rings is 1. The third-order valence-corrected chi connectivity index (χ3v) is 4.14. The van der Waals surface area contributed by atoms with E-state index >= 15 is 0 Å². The van der Waals surface area contributed by atoms with Crippen molar-refractivity contribution >= 4 is 5.96 Å². The average molecular weight is 348 g/mol. The molecule has 0 aromatic heterocycles. The summed E-state index contributed by atoms with van der Waals surface area (Å²) >= 11 is 0. The van der Waals surface area contributed by atoms with E-state index in [0.717, 1.165) is 64.1 Å². The van der Waals surface area contributed by atoms with Crippen LogP contribution in [0, 0.1) is 5.92 Å². The van der Waals surface area contributed by atoms with Crippen molar-refractivity contribution in [3.63, 3.8) is 0 Å². The van der Waals surface area contributed by atoms with E-state index < -0.39 is 0 Å². The zero-order chi connectivity index (χ0) is 17.7. The van der Waals surface area contributed by atoms with Crippen LogP contribution in [0.15, 0.2) is 35.3 Å². The monoisotopic (exact) mass is 348 g/mol. The van der Waals surface area contributed by atoms with Crippen LogP contribution in [0.2, 0.25) is 0 Å². The summed E-state index contributed by atoms with van der Waals surface area (Å²) in [6.07, 6.45) is 0.929. The Hall–Kier alpha value is -1.79. The van der Waals surface area contributed by atoms with E-state index in [4.69, 9.17) is 9.47 Å². The molecule has 0 aliphatic carbocycles. The predicted octanol–water partition coefficient (Wildman–Crippen LogP) is 1.59. The van der Waals surface area contributed by atoms with Gasteiger partial charge in [0.25, 0.3) is 0 Å². The topological polar surface area (TPSA) is 58.1 Å². The summed E-state index contributed by atoms with van der Waals surface area (Å²) in [6, 6.07) is 9.91. The van der Waals surface area contributed by atoms with Crippen LogP contribution in [-0.2, 0) is 4.74 Å². The second kappa shape index (κ2) is 11.7. The van der Waals surface area contributed by atoms with Crippen molar-refractivity contribution in [2.75, 3.05) is 59.6 Å². The summed E-state index contributed by atoms with van der Waals surface area (Å²) in [7, 11) is 1.81. The molecule has 1 fully saturated rings. The summed E-state index contributed by atoms with van der Waals surface area (Å²) in [5.41, 5.74) is 0. The number of para-hydroxylation sites is 1. The van der Waals surface area contributed by atoms with E-state index in [2.05, 4.69) is 27.4 Å². The van der Waals surface area contributed by atoms with Crippen molar-refractivity contribution in [1.29, 1.82) is 0 Å². The summed E-state index contributed by atoms with van der Waals surface area (Å²) in [6.45, 7) is 9.60. The first-order valence-corrected chi connectivity index (χ1v) is 9.20. The summed E-state index contributed by atoms with van der Waals surface area (Å²) in [5.74, 6) is 2.34. The second-order valence-corrected chi connectivity index (χ2v) is 6.41. The van der Waals surface area contributed by atoms with Gasteiger partial charge in [-0.3, -0.25) is 9.89 Å². The molecule has 2 N–H and O–H groups in total. The standard InChI is InChI=1S/C19H32N4O2/c1-17(16-23-10-13-24-14-11-23)15-22-19(20-2)21-9-6-12-25-18-7-4-3-5-8-18/h3-5,7-8,17H,6,9-16H2,1-2H3,(H2,20,21,22). The highest BCUT2D eigenvalue weighted by Gasteiger charge is 2.13. The molecule has 1 heterocycles. The minimum absolute atomic E-state index is 0.568. The molecule has 1 atom stereocenters. The maximum absolute atomic E-state index is 5.69. The van der Waals surface area contributed by atoms with Gasteiger partial charge in [-0.05, 0) is 24.5 Å². The van der Waals surface area contributed by atoms with E-state index in [-0.39, 0.29) is 0 Å². The molecule has 140 valence electrons. The summed E-state index contributed by atoms with van der Waals surface area (Å²) in [5, 5.41) is 6.75. The van der Waals surface area contributed by atoms with Gasteiger partial charge in [-0.2, -0.15) is 0 Å². The van der Waals surface area contributed by atoms with Crippen LogP contribution < -0.4 is 15.4 Å². The Morgan fingerprint density at radius 1 is 1.24 bits per heavy atom. The molecule has 1 saturated heterocycles. The number of hydrogen-bond acceptors (Lipinski definition) is 4. The highest BCUT2D eigenvalue weighted by Crippen LogP contribution is 2.08. The van der Waals surface area contributed by atoms with E-state index in [1.165, 1.54) is 0 Å². The Bertz CT molecular complexity index is 489. The molecule has 1 aliphatic rings. The fourth-order valence-corrected chi connectivity index (χ4v) is 2.77. The van der Waals surface area contributed by atoms with Crippen molar-refractivity contribution in [2.45, 2.75) is 13.3 Å². The third kappa shape index (κ3) is 8.23. The van der Waals surface area contributed by atoms with Crippen LogP contribution in [0.1, 0.15) is 13.3 Å². The first-order chi connectivity index (χ1) is 12.3. The molecule has 25 heavy (non-hydrogen) atoms. The first-order valence-electron chi connectivity index (χ1n) is 9.20. The van der Waals surface area contributed by atoms with Gasteiger partial charge in [0.2, 0.25) is 0 Å². The zero-order valence-electron chi connectivity index (χ0n) is 15.5.